The second kappa shape index (κ2) is 5.24. The number of hydrogen-bond acceptors (Lipinski definition) is 2. The maximum Gasteiger partial charge on any atom is 0.147 e. The third kappa shape index (κ3) is 2.55. The van der Waals surface area contributed by atoms with Crippen LogP contribution in [0, 0.1) is 23.9 Å². The van der Waals surface area contributed by atoms with E-state index in [9.17, 15) is 4.39 Å². The van der Waals surface area contributed by atoms with Crippen molar-refractivity contribution in [3.63, 3.8) is 0 Å². The summed E-state index contributed by atoms with van der Waals surface area (Å²) in [6, 6.07) is 1.39. The van der Waals surface area contributed by atoms with Gasteiger partial charge in [0.25, 0.3) is 0 Å². The molecule has 0 bridgehead atoms. The fourth-order valence-electron chi connectivity index (χ4n) is 0.959. The Bertz CT molecular complexity index is 399. The molecule has 1 nitrogen and oxygen atoms in total. The molecule has 1 aromatic rings. The maximum absolute atomic E-state index is 13.2. The molecule has 0 aliphatic heterocycles. The van der Waals surface area contributed by atoms with Gasteiger partial charge in [0, 0.05) is 25.7 Å². The van der Waals surface area contributed by atoms with Crippen LogP contribution in [0.4, 0.5) is 10.1 Å². The van der Waals surface area contributed by atoms with E-state index in [2.05, 4.69) is 27.1 Å². The first-order valence-electron chi connectivity index (χ1n) is 3.60. The van der Waals surface area contributed by atoms with Gasteiger partial charge in [-0.15, -0.1) is 0 Å². The monoisotopic (exact) mass is 385 g/mol. The van der Waals surface area contributed by atoms with Crippen LogP contribution in [-0.2, 0) is 0 Å². The Labute approximate surface area is 107 Å². The Morgan fingerprint density at radius 3 is 2.86 bits per heavy atom. The largest absolute Gasteiger partial charge is 0.395 e. The van der Waals surface area contributed by atoms with Gasteiger partial charge in [-0.05, 0) is 48.7 Å². The molecule has 0 aromatic heterocycles. The molecular weight excluding hydrogens is 380 g/mol. The molecule has 0 aliphatic carbocycles. The van der Waals surface area contributed by atoms with Crippen LogP contribution in [0.15, 0.2) is 10.5 Å². The van der Waals surface area contributed by atoms with Crippen LogP contribution in [0.3, 0.4) is 0 Å². The lowest BCUT2D eigenvalue weighted by molar-refractivity contribution is 0.630. The zero-order chi connectivity index (χ0) is 10.7. The van der Waals surface area contributed by atoms with Crippen molar-refractivity contribution in [1.82, 2.24) is 0 Å². The van der Waals surface area contributed by atoms with E-state index in [-0.39, 0.29) is 5.69 Å². The minimum absolute atomic E-state index is 0.0976. The van der Waals surface area contributed by atoms with Crippen LogP contribution in [0.25, 0.3) is 0 Å². The summed E-state index contributed by atoms with van der Waals surface area (Å²) in [4.78, 5) is 0. The Morgan fingerprint density at radius 1 is 1.64 bits per heavy atom. The highest BCUT2D eigenvalue weighted by molar-refractivity contribution is 14.2. The highest BCUT2D eigenvalue weighted by Gasteiger charge is 2.10. The van der Waals surface area contributed by atoms with Crippen molar-refractivity contribution in [1.29, 1.82) is 0 Å². The summed E-state index contributed by atoms with van der Waals surface area (Å²) in [5.41, 5.74) is 6.98. The minimum Gasteiger partial charge on any atom is -0.395 e. The number of aryl methyl sites for hydroxylation is 1. The zero-order valence-electron chi connectivity index (χ0n) is 7.20. The van der Waals surface area contributed by atoms with Gasteiger partial charge in [-0.1, -0.05) is 5.92 Å². The van der Waals surface area contributed by atoms with Crippen LogP contribution >= 0.6 is 46.1 Å². The van der Waals surface area contributed by atoms with Gasteiger partial charge >= 0.3 is 0 Å². The van der Waals surface area contributed by atoms with Crippen molar-refractivity contribution in [3.8, 4) is 11.2 Å². The first kappa shape index (κ1) is 12.1. The first-order valence-corrected chi connectivity index (χ1v) is 7.75. The number of halogens is 3. The topological polar surface area (TPSA) is 26.0 Å². The quantitative estimate of drug-likeness (QED) is 0.416. The van der Waals surface area contributed by atoms with Crippen molar-refractivity contribution >= 4 is 51.8 Å². The Morgan fingerprint density at radius 2 is 2.29 bits per heavy atom. The summed E-state index contributed by atoms with van der Waals surface area (Å²) in [5, 5.41) is 2.78. The van der Waals surface area contributed by atoms with Crippen LogP contribution in [0.1, 0.15) is 11.1 Å². The van der Waals surface area contributed by atoms with Crippen LogP contribution in [0.5, 0.6) is 0 Å². The average molecular weight is 386 g/mol. The van der Waals surface area contributed by atoms with Gasteiger partial charge in [-0.25, -0.2) is 4.39 Å². The zero-order valence-corrected chi connectivity index (χ0v) is 11.8. The summed E-state index contributed by atoms with van der Waals surface area (Å²) in [6.07, 6.45) is 0. The highest BCUT2D eigenvalue weighted by Crippen LogP contribution is 2.28. The van der Waals surface area contributed by atoms with Gasteiger partial charge in [0.15, 0.2) is 0 Å². The van der Waals surface area contributed by atoms with Crippen LogP contribution in [-0.4, -0.2) is 0 Å². The number of nitrogens with two attached hydrogens (primary N) is 1. The van der Waals surface area contributed by atoms with Crippen molar-refractivity contribution in [2.24, 2.45) is 0 Å². The van der Waals surface area contributed by atoms with E-state index in [1.165, 1.54) is 15.0 Å². The summed E-state index contributed by atoms with van der Waals surface area (Å²) in [7, 11) is 1.34. The molecule has 5 heteroatoms. The average Bonchev–Trinajstić information content (AvgIpc) is 2.15. The van der Waals surface area contributed by atoms with Gasteiger partial charge in [0.2, 0.25) is 0 Å². The van der Waals surface area contributed by atoms with Gasteiger partial charge in [0.05, 0.1) is 11.3 Å². The third-order valence-corrected chi connectivity index (χ3v) is 3.51. The van der Waals surface area contributed by atoms with Gasteiger partial charge < -0.3 is 5.73 Å². The number of nitrogen functional groups attached to an aromatic ring is 1. The second-order valence-corrected chi connectivity index (χ2v) is 5.05. The lowest BCUT2D eigenvalue weighted by Gasteiger charge is -2.05. The molecule has 0 unspecified atom stereocenters. The molecule has 2 N–H and O–H groups in total. The standard InChI is InChI=1S/C9H6BrFINS/c1-5-4-7(11)9(13)6(8(5)10)2-3-14-12/h4H,13H2,1H3. The normalized spacial score (nSPS) is 9.43. The Balaban J connectivity index is 3.39. The van der Waals surface area contributed by atoms with Gasteiger partial charge in [-0.3, -0.25) is 0 Å². The van der Waals surface area contributed by atoms with E-state index in [0.717, 1.165) is 10.0 Å². The molecule has 1 rings (SSSR count). The van der Waals surface area contributed by atoms with E-state index in [1.54, 1.807) is 6.92 Å². The fourth-order valence-corrected chi connectivity index (χ4v) is 1.86. The predicted molar refractivity (Wildman–Crippen MR) is 71.7 cm³/mol. The van der Waals surface area contributed by atoms with Gasteiger partial charge in [0.1, 0.15) is 5.82 Å². The van der Waals surface area contributed by atoms with Crippen LogP contribution < -0.4 is 5.73 Å². The fraction of sp³-hybridized carbons (Fsp3) is 0.111. The van der Waals surface area contributed by atoms with Crippen molar-refractivity contribution in [2.45, 2.75) is 6.92 Å². The molecular formula is C9H6BrFINS. The van der Waals surface area contributed by atoms with E-state index in [1.807, 2.05) is 21.2 Å². The Hall–Kier alpha value is 0.0700. The molecule has 74 valence electrons. The number of hydrogen-bond donors (Lipinski definition) is 1. The molecule has 0 heterocycles. The predicted octanol–water partition coefficient (Wildman–Crippen LogP) is 3.87. The molecule has 0 saturated carbocycles. The highest BCUT2D eigenvalue weighted by atomic mass is 127. The number of anilines is 1. The molecule has 0 amide bonds. The lowest BCUT2D eigenvalue weighted by Crippen LogP contribution is -1.97. The van der Waals surface area contributed by atoms with E-state index in [0.29, 0.717) is 5.56 Å². The molecule has 14 heavy (non-hydrogen) atoms. The Kier molecular flexibility index (Phi) is 4.54. The molecule has 0 aliphatic rings. The summed E-state index contributed by atoms with van der Waals surface area (Å²) in [5.74, 6) is 2.38. The third-order valence-electron chi connectivity index (χ3n) is 1.65. The number of benzene rings is 1. The van der Waals surface area contributed by atoms with Crippen LogP contribution in [0.2, 0.25) is 0 Å². The summed E-state index contributed by atoms with van der Waals surface area (Å²) >= 11 is 5.38. The SMILES string of the molecule is Cc1cc(F)c(N)c(C#CSI)c1Br. The minimum atomic E-state index is -0.423. The molecule has 1 aromatic carbocycles. The van der Waals surface area contributed by atoms with Gasteiger partial charge in [-0.2, -0.15) is 0 Å². The number of rotatable bonds is 0. The molecule has 0 saturated heterocycles. The van der Waals surface area contributed by atoms with Crippen molar-refractivity contribution < 1.29 is 4.39 Å². The second-order valence-electron chi connectivity index (χ2n) is 2.58. The maximum atomic E-state index is 13.2. The summed E-state index contributed by atoms with van der Waals surface area (Å²) in [6.45, 7) is 1.80. The lowest BCUT2D eigenvalue weighted by atomic mass is 10.1. The van der Waals surface area contributed by atoms with E-state index < -0.39 is 5.82 Å². The van der Waals surface area contributed by atoms with Crippen molar-refractivity contribution in [2.75, 3.05) is 5.73 Å². The van der Waals surface area contributed by atoms with Crippen molar-refractivity contribution in [3.05, 3.63) is 27.5 Å². The van der Waals surface area contributed by atoms with E-state index in [4.69, 9.17) is 5.73 Å². The molecule has 0 spiro atoms. The molecule has 0 fully saturated rings. The smallest absolute Gasteiger partial charge is 0.147 e. The first-order chi connectivity index (χ1) is 6.57. The summed E-state index contributed by atoms with van der Waals surface area (Å²) < 4.78 is 14.0. The molecule has 0 radical (unpaired) electrons. The van der Waals surface area contributed by atoms with E-state index >= 15 is 0 Å². The molecule has 0 atom stereocenters.